The maximum Gasteiger partial charge on any atom is 0.240 e. The lowest BCUT2D eigenvalue weighted by atomic mass is 10.0. The van der Waals surface area contributed by atoms with Crippen molar-refractivity contribution in [1.29, 1.82) is 0 Å². The molecular weight excluding hydrogens is 180 g/mol. The molecule has 0 bridgehead atoms. The van der Waals surface area contributed by atoms with E-state index in [1.165, 1.54) is 0 Å². The average molecular weight is 202 g/mol. The molecule has 0 heterocycles. The minimum absolute atomic E-state index is 0.00948. The van der Waals surface area contributed by atoms with E-state index in [4.69, 9.17) is 5.11 Å². The highest BCUT2D eigenvalue weighted by Crippen LogP contribution is 2.03. The van der Waals surface area contributed by atoms with Crippen molar-refractivity contribution in [1.82, 2.24) is 10.6 Å². The van der Waals surface area contributed by atoms with Crippen molar-refractivity contribution in [3.63, 3.8) is 0 Å². The van der Waals surface area contributed by atoms with Gasteiger partial charge in [-0.1, -0.05) is 13.8 Å². The largest absolute Gasteiger partial charge is 0.394 e. The summed E-state index contributed by atoms with van der Waals surface area (Å²) in [6.45, 7) is 8.28. The van der Waals surface area contributed by atoms with Crippen LogP contribution in [-0.4, -0.2) is 35.7 Å². The van der Waals surface area contributed by atoms with Crippen molar-refractivity contribution in [2.75, 3.05) is 13.2 Å². The standard InChI is InChI=1S/C10H22N2O2/c1-5-8(7-13)12-9(14)10(3,4)11-6-2/h8,11,13H,5-7H2,1-4H3,(H,12,14)/t8-/m0/s1. The first-order chi connectivity index (χ1) is 6.47. The van der Waals surface area contributed by atoms with Gasteiger partial charge in [0.2, 0.25) is 5.91 Å². The summed E-state index contributed by atoms with van der Waals surface area (Å²) in [5, 5.41) is 14.8. The summed E-state index contributed by atoms with van der Waals surface area (Å²) in [5.41, 5.74) is -0.572. The van der Waals surface area contributed by atoms with E-state index in [1.807, 2.05) is 27.7 Å². The molecule has 1 amide bonds. The summed E-state index contributed by atoms with van der Waals surface area (Å²) >= 11 is 0. The van der Waals surface area contributed by atoms with E-state index in [0.717, 1.165) is 13.0 Å². The molecular formula is C10H22N2O2. The van der Waals surface area contributed by atoms with E-state index in [2.05, 4.69) is 10.6 Å². The number of aliphatic hydroxyl groups is 1. The number of hydrogen-bond donors (Lipinski definition) is 3. The Hall–Kier alpha value is -0.610. The molecule has 0 unspecified atom stereocenters. The Morgan fingerprint density at radius 1 is 1.43 bits per heavy atom. The number of aliphatic hydroxyl groups excluding tert-OH is 1. The van der Waals surface area contributed by atoms with Crippen molar-refractivity contribution in [3.8, 4) is 0 Å². The summed E-state index contributed by atoms with van der Waals surface area (Å²) in [6, 6.07) is -0.138. The van der Waals surface area contributed by atoms with Crippen LogP contribution in [-0.2, 0) is 4.79 Å². The summed E-state index contributed by atoms with van der Waals surface area (Å²) in [5.74, 6) is -0.0692. The van der Waals surface area contributed by atoms with Gasteiger partial charge in [-0.15, -0.1) is 0 Å². The maximum atomic E-state index is 11.7. The first kappa shape index (κ1) is 13.4. The fourth-order valence-corrected chi connectivity index (χ4v) is 1.16. The number of amides is 1. The predicted molar refractivity (Wildman–Crippen MR) is 57.1 cm³/mol. The number of hydrogen-bond acceptors (Lipinski definition) is 3. The Morgan fingerprint density at radius 3 is 2.36 bits per heavy atom. The van der Waals surface area contributed by atoms with Gasteiger partial charge in [-0.2, -0.15) is 0 Å². The van der Waals surface area contributed by atoms with Crippen LogP contribution < -0.4 is 10.6 Å². The van der Waals surface area contributed by atoms with E-state index in [1.54, 1.807) is 0 Å². The molecule has 0 radical (unpaired) electrons. The van der Waals surface area contributed by atoms with Crippen molar-refractivity contribution >= 4 is 5.91 Å². The first-order valence-corrected chi connectivity index (χ1v) is 5.14. The summed E-state index contributed by atoms with van der Waals surface area (Å²) < 4.78 is 0. The molecule has 14 heavy (non-hydrogen) atoms. The van der Waals surface area contributed by atoms with Crippen LogP contribution in [0.1, 0.15) is 34.1 Å². The van der Waals surface area contributed by atoms with E-state index in [9.17, 15) is 4.79 Å². The van der Waals surface area contributed by atoms with Crippen LogP contribution in [0.3, 0.4) is 0 Å². The van der Waals surface area contributed by atoms with Crippen LogP contribution in [0, 0.1) is 0 Å². The normalized spacial score (nSPS) is 13.8. The van der Waals surface area contributed by atoms with Gasteiger partial charge in [0.05, 0.1) is 18.2 Å². The number of nitrogens with one attached hydrogen (secondary N) is 2. The van der Waals surface area contributed by atoms with Crippen LogP contribution >= 0.6 is 0 Å². The Bertz CT molecular complexity index is 177. The number of rotatable bonds is 6. The fourth-order valence-electron chi connectivity index (χ4n) is 1.16. The monoisotopic (exact) mass is 202 g/mol. The predicted octanol–water partition coefficient (Wildman–Crippen LogP) is 0.262. The minimum atomic E-state index is -0.572. The van der Waals surface area contributed by atoms with Gasteiger partial charge in [-0.25, -0.2) is 0 Å². The third-order valence-corrected chi connectivity index (χ3v) is 2.23. The van der Waals surface area contributed by atoms with Crippen LogP contribution in [0.15, 0.2) is 0 Å². The number of carbonyl (C=O) groups excluding carboxylic acids is 1. The summed E-state index contributed by atoms with van der Waals surface area (Å²) in [6.07, 6.45) is 0.741. The van der Waals surface area contributed by atoms with Gasteiger partial charge in [0.1, 0.15) is 0 Å². The van der Waals surface area contributed by atoms with E-state index >= 15 is 0 Å². The Kier molecular flexibility index (Phi) is 5.72. The minimum Gasteiger partial charge on any atom is -0.394 e. The summed E-state index contributed by atoms with van der Waals surface area (Å²) in [7, 11) is 0. The Morgan fingerprint density at radius 2 is 2.00 bits per heavy atom. The van der Waals surface area contributed by atoms with Crippen molar-refractivity contribution in [3.05, 3.63) is 0 Å². The van der Waals surface area contributed by atoms with Crippen LogP contribution in [0.5, 0.6) is 0 Å². The molecule has 0 aliphatic heterocycles. The van der Waals surface area contributed by atoms with Crippen LogP contribution in [0.4, 0.5) is 0 Å². The smallest absolute Gasteiger partial charge is 0.240 e. The number of likely N-dealkylation sites (N-methyl/N-ethyl adjacent to an activating group) is 1. The zero-order valence-corrected chi connectivity index (χ0v) is 9.55. The Labute approximate surface area is 86.1 Å². The lowest BCUT2D eigenvalue weighted by Gasteiger charge is -2.26. The maximum absolute atomic E-state index is 11.7. The molecule has 0 aliphatic carbocycles. The van der Waals surface area contributed by atoms with Gasteiger partial charge in [-0.05, 0) is 26.8 Å². The third-order valence-electron chi connectivity index (χ3n) is 2.23. The van der Waals surface area contributed by atoms with Crippen molar-refractivity contribution in [2.45, 2.75) is 45.7 Å². The molecule has 0 aromatic rings. The van der Waals surface area contributed by atoms with E-state index < -0.39 is 5.54 Å². The molecule has 0 fully saturated rings. The zero-order chi connectivity index (χ0) is 11.2. The van der Waals surface area contributed by atoms with Gasteiger partial charge in [-0.3, -0.25) is 4.79 Å². The second kappa shape index (κ2) is 5.98. The van der Waals surface area contributed by atoms with Gasteiger partial charge in [0.15, 0.2) is 0 Å². The fraction of sp³-hybridized carbons (Fsp3) is 0.900. The highest BCUT2D eigenvalue weighted by molar-refractivity contribution is 5.85. The molecule has 0 saturated heterocycles. The topological polar surface area (TPSA) is 61.4 Å². The van der Waals surface area contributed by atoms with Crippen LogP contribution in [0.25, 0.3) is 0 Å². The second-order valence-electron chi connectivity index (χ2n) is 3.92. The van der Waals surface area contributed by atoms with Gasteiger partial charge < -0.3 is 15.7 Å². The molecule has 1 atom stereocenters. The summed E-state index contributed by atoms with van der Waals surface area (Å²) in [4.78, 5) is 11.7. The molecule has 0 aliphatic rings. The molecule has 84 valence electrons. The van der Waals surface area contributed by atoms with Gasteiger partial charge in [0, 0.05) is 0 Å². The highest BCUT2D eigenvalue weighted by Gasteiger charge is 2.27. The van der Waals surface area contributed by atoms with Crippen LogP contribution in [0.2, 0.25) is 0 Å². The number of carbonyl (C=O) groups is 1. The van der Waals surface area contributed by atoms with E-state index in [0.29, 0.717) is 0 Å². The van der Waals surface area contributed by atoms with Gasteiger partial charge >= 0.3 is 0 Å². The molecule has 0 rings (SSSR count). The lowest BCUT2D eigenvalue weighted by molar-refractivity contribution is -0.127. The zero-order valence-electron chi connectivity index (χ0n) is 9.55. The van der Waals surface area contributed by atoms with Crippen molar-refractivity contribution in [2.24, 2.45) is 0 Å². The lowest BCUT2D eigenvalue weighted by Crippen LogP contribution is -2.55. The SMILES string of the molecule is CCNC(C)(C)C(=O)N[C@@H](CC)CO. The highest BCUT2D eigenvalue weighted by atomic mass is 16.3. The van der Waals surface area contributed by atoms with Crippen molar-refractivity contribution < 1.29 is 9.90 Å². The Balaban J connectivity index is 4.17. The quantitative estimate of drug-likeness (QED) is 0.579. The molecule has 0 aromatic carbocycles. The van der Waals surface area contributed by atoms with Gasteiger partial charge in [0.25, 0.3) is 0 Å². The molecule has 4 heteroatoms. The molecule has 0 spiro atoms. The molecule has 4 nitrogen and oxygen atoms in total. The second-order valence-corrected chi connectivity index (χ2v) is 3.92. The first-order valence-electron chi connectivity index (χ1n) is 5.14. The third kappa shape index (κ3) is 4.07. The molecule has 0 saturated carbocycles. The van der Waals surface area contributed by atoms with E-state index in [-0.39, 0.29) is 18.6 Å². The molecule has 3 N–H and O–H groups in total. The average Bonchev–Trinajstić information content (AvgIpc) is 2.13. The molecule has 0 aromatic heterocycles.